The van der Waals surface area contributed by atoms with Crippen molar-refractivity contribution < 1.29 is 47.3 Å². The molecular formula is C27H34N6O10S. The van der Waals surface area contributed by atoms with E-state index in [-0.39, 0.29) is 57.3 Å². The van der Waals surface area contributed by atoms with Crippen LogP contribution in [-0.4, -0.2) is 136 Å². The van der Waals surface area contributed by atoms with E-state index in [9.17, 15) is 42.6 Å². The number of hydrogen-bond donors (Lipinski definition) is 3. The third-order valence-corrected chi connectivity index (χ3v) is 9.06. The van der Waals surface area contributed by atoms with Crippen LogP contribution in [0.2, 0.25) is 0 Å². The van der Waals surface area contributed by atoms with Crippen molar-refractivity contribution in [2.75, 3.05) is 52.1 Å². The van der Waals surface area contributed by atoms with E-state index in [1.54, 1.807) is 30.3 Å². The van der Waals surface area contributed by atoms with Crippen LogP contribution in [0, 0.1) is 0 Å². The molecule has 2 saturated heterocycles. The number of carboxylic acid groups (broad SMARTS) is 2. The summed E-state index contributed by atoms with van der Waals surface area (Å²) in [6, 6.07) is 8.67. The predicted octanol–water partition coefficient (Wildman–Crippen LogP) is -0.318. The van der Waals surface area contributed by atoms with Crippen molar-refractivity contribution in [1.29, 1.82) is 0 Å². The van der Waals surface area contributed by atoms with E-state index in [1.807, 2.05) is 0 Å². The lowest BCUT2D eigenvalue weighted by Gasteiger charge is -2.35. The summed E-state index contributed by atoms with van der Waals surface area (Å²) in [7, 11) is -3.30. The number of aromatic nitrogens is 2. The van der Waals surface area contributed by atoms with E-state index in [4.69, 9.17) is 4.74 Å². The number of ether oxygens (including phenoxy) is 1. The predicted molar refractivity (Wildman–Crippen MR) is 153 cm³/mol. The van der Waals surface area contributed by atoms with Crippen LogP contribution >= 0.6 is 0 Å². The van der Waals surface area contributed by atoms with Gasteiger partial charge >= 0.3 is 12.1 Å². The fourth-order valence-corrected chi connectivity index (χ4v) is 5.94. The molecule has 2 aliphatic heterocycles. The SMILES string of the molecule is CS(=O)(=O)[C@H]1CCN(C(=O)COc2cc(C(=O)NC(CCC(=O)O)C(=O)N3CCN(C(=O)O)CC3)nn2-c2ccccc2)C1. The smallest absolute Gasteiger partial charge is 0.407 e. The summed E-state index contributed by atoms with van der Waals surface area (Å²) < 4.78 is 30.8. The molecule has 0 bridgehead atoms. The highest BCUT2D eigenvalue weighted by Crippen LogP contribution is 2.21. The quantitative estimate of drug-likeness (QED) is 0.292. The number of carboxylic acids is 1. The summed E-state index contributed by atoms with van der Waals surface area (Å²) in [5.74, 6) is -2.91. The maximum Gasteiger partial charge on any atom is 0.407 e. The number of benzene rings is 1. The maximum atomic E-state index is 13.3. The Balaban J connectivity index is 1.49. The van der Waals surface area contributed by atoms with Crippen LogP contribution in [0.4, 0.5) is 4.79 Å². The zero-order chi connectivity index (χ0) is 32.0. The molecule has 16 nitrogen and oxygen atoms in total. The van der Waals surface area contributed by atoms with Crippen molar-refractivity contribution in [2.45, 2.75) is 30.6 Å². The van der Waals surface area contributed by atoms with Crippen LogP contribution in [0.5, 0.6) is 5.88 Å². The summed E-state index contributed by atoms with van der Waals surface area (Å²) in [5.41, 5.74) is 0.334. The standard InChI is InChI=1S/C27H34N6O10S/c1-44(41,42)19-9-10-32(16-19)22(34)17-43-23-15-21(29-33(23)18-5-3-2-4-6-18)25(37)28-20(7-8-24(35)36)26(38)30-11-13-31(14-12-30)27(39)40/h2-6,15,19-20H,7-14,16-17H2,1H3,(H,28,37)(H,35,36)(H,39,40)/t19-,20?/m0/s1. The first kappa shape index (κ1) is 32.2. The van der Waals surface area contributed by atoms with Gasteiger partial charge in [0.25, 0.3) is 11.8 Å². The molecule has 1 unspecified atom stereocenters. The Morgan fingerprint density at radius 3 is 2.25 bits per heavy atom. The second-order valence-electron chi connectivity index (χ2n) is 10.5. The minimum absolute atomic E-state index is 0.0340. The van der Waals surface area contributed by atoms with Crippen LogP contribution in [0.1, 0.15) is 29.8 Å². The minimum Gasteiger partial charge on any atom is -0.481 e. The Bertz CT molecular complexity index is 1500. The number of rotatable bonds is 11. The largest absolute Gasteiger partial charge is 0.481 e. The highest BCUT2D eigenvalue weighted by atomic mass is 32.2. The number of likely N-dealkylation sites (tertiary alicyclic amines) is 1. The fourth-order valence-electron chi connectivity index (χ4n) is 4.96. The fraction of sp³-hybridized carbons (Fsp3) is 0.481. The van der Waals surface area contributed by atoms with E-state index >= 15 is 0 Å². The number of para-hydroxylation sites is 1. The van der Waals surface area contributed by atoms with Gasteiger partial charge in [-0.25, -0.2) is 17.9 Å². The van der Waals surface area contributed by atoms with Crippen molar-refractivity contribution in [3.8, 4) is 11.6 Å². The molecule has 1 aromatic heterocycles. The molecule has 238 valence electrons. The number of aliphatic carboxylic acids is 1. The molecule has 0 aliphatic carbocycles. The van der Waals surface area contributed by atoms with Gasteiger partial charge in [0, 0.05) is 58.0 Å². The van der Waals surface area contributed by atoms with E-state index in [0.29, 0.717) is 12.1 Å². The van der Waals surface area contributed by atoms with Gasteiger partial charge in [0.15, 0.2) is 22.1 Å². The normalized spacial score (nSPS) is 17.7. The summed E-state index contributed by atoms with van der Waals surface area (Å²) in [5, 5.41) is 24.6. The Morgan fingerprint density at radius 1 is 1.00 bits per heavy atom. The molecule has 0 saturated carbocycles. The molecule has 0 radical (unpaired) electrons. The number of carbonyl (C=O) groups is 5. The zero-order valence-electron chi connectivity index (χ0n) is 24.0. The summed E-state index contributed by atoms with van der Waals surface area (Å²) in [6.07, 6.45) is -0.266. The molecular weight excluding hydrogens is 600 g/mol. The molecule has 17 heteroatoms. The van der Waals surface area contributed by atoms with Gasteiger partial charge in [-0.15, -0.1) is 0 Å². The monoisotopic (exact) mass is 634 g/mol. The number of nitrogens with zero attached hydrogens (tertiary/aromatic N) is 5. The highest BCUT2D eigenvalue weighted by molar-refractivity contribution is 7.91. The van der Waals surface area contributed by atoms with Crippen LogP contribution < -0.4 is 10.1 Å². The van der Waals surface area contributed by atoms with E-state index in [1.165, 1.54) is 20.5 Å². The maximum absolute atomic E-state index is 13.3. The van der Waals surface area contributed by atoms with Crippen molar-refractivity contribution in [3.05, 3.63) is 42.1 Å². The second-order valence-corrected chi connectivity index (χ2v) is 12.9. The first-order valence-corrected chi connectivity index (χ1v) is 15.8. The van der Waals surface area contributed by atoms with Gasteiger partial charge in [-0.2, -0.15) is 5.10 Å². The van der Waals surface area contributed by atoms with Gasteiger partial charge in [-0.1, -0.05) is 18.2 Å². The molecule has 2 aromatic rings. The summed E-state index contributed by atoms with van der Waals surface area (Å²) in [6.45, 7) is 0.203. The van der Waals surface area contributed by atoms with Crippen molar-refractivity contribution in [3.63, 3.8) is 0 Å². The first-order chi connectivity index (χ1) is 20.8. The molecule has 1 aromatic carbocycles. The van der Waals surface area contributed by atoms with Crippen LogP contribution in [0.3, 0.4) is 0 Å². The van der Waals surface area contributed by atoms with Crippen LogP contribution in [0.25, 0.3) is 5.69 Å². The number of sulfone groups is 1. The molecule has 2 fully saturated rings. The number of piperazine rings is 1. The number of amides is 4. The average molecular weight is 635 g/mol. The Kier molecular flexibility index (Phi) is 10.1. The number of carbonyl (C=O) groups excluding carboxylic acids is 3. The molecule has 44 heavy (non-hydrogen) atoms. The van der Waals surface area contributed by atoms with E-state index < -0.39 is 63.9 Å². The molecule has 2 atom stereocenters. The lowest BCUT2D eigenvalue weighted by Crippen LogP contribution is -2.55. The third kappa shape index (κ3) is 8.03. The van der Waals surface area contributed by atoms with Gasteiger partial charge in [-0.3, -0.25) is 19.2 Å². The highest BCUT2D eigenvalue weighted by Gasteiger charge is 2.34. The van der Waals surface area contributed by atoms with Gasteiger partial charge < -0.3 is 35.0 Å². The van der Waals surface area contributed by atoms with Crippen molar-refractivity contribution >= 4 is 39.6 Å². The molecule has 2 aliphatic rings. The topological polar surface area (TPSA) is 209 Å². The molecule has 3 N–H and O–H groups in total. The Hall–Kier alpha value is -4.67. The molecule has 4 amide bonds. The molecule has 4 rings (SSSR count). The second kappa shape index (κ2) is 13.7. The van der Waals surface area contributed by atoms with Crippen LogP contribution in [-0.2, 0) is 24.2 Å². The molecule has 0 spiro atoms. The van der Waals surface area contributed by atoms with Gasteiger partial charge in [0.05, 0.1) is 10.9 Å². The lowest BCUT2D eigenvalue weighted by molar-refractivity contribution is -0.138. The van der Waals surface area contributed by atoms with Crippen LogP contribution in [0.15, 0.2) is 36.4 Å². The Labute approximate surface area is 253 Å². The van der Waals surface area contributed by atoms with Gasteiger partial charge in [0.2, 0.25) is 11.8 Å². The number of nitrogens with one attached hydrogen (secondary N) is 1. The van der Waals surface area contributed by atoms with Gasteiger partial charge in [-0.05, 0) is 25.0 Å². The van der Waals surface area contributed by atoms with Gasteiger partial charge in [0.1, 0.15) is 6.04 Å². The minimum atomic E-state index is -3.30. The zero-order valence-corrected chi connectivity index (χ0v) is 24.8. The third-order valence-electron chi connectivity index (χ3n) is 7.47. The van der Waals surface area contributed by atoms with Crippen molar-refractivity contribution in [1.82, 2.24) is 29.8 Å². The summed E-state index contributed by atoms with van der Waals surface area (Å²) in [4.78, 5) is 65.8. The first-order valence-electron chi connectivity index (χ1n) is 13.9. The van der Waals surface area contributed by atoms with E-state index in [2.05, 4.69) is 10.4 Å². The lowest BCUT2D eigenvalue weighted by atomic mass is 10.1. The Morgan fingerprint density at radius 2 is 1.66 bits per heavy atom. The van der Waals surface area contributed by atoms with Crippen molar-refractivity contribution in [2.24, 2.45) is 0 Å². The summed E-state index contributed by atoms with van der Waals surface area (Å²) >= 11 is 0. The molecule has 3 heterocycles. The van der Waals surface area contributed by atoms with E-state index in [0.717, 1.165) is 11.2 Å². The average Bonchev–Trinajstić information content (AvgIpc) is 3.67. The number of hydrogen-bond acceptors (Lipinski definition) is 9.